The number of nitrogen functional groups attached to an aromatic ring is 1. The minimum Gasteiger partial charge on any atom is -0.399 e. The molecule has 1 fully saturated rings. The molecule has 6 heteroatoms. The summed E-state index contributed by atoms with van der Waals surface area (Å²) in [4.78, 5) is 13.6. The molecule has 0 aliphatic carbocycles. The summed E-state index contributed by atoms with van der Waals surface area (Å²) in [6.07, 6.45) is -1.54. The number of hydrogen-bond donors (Lipinski definition) is 4. The predicted octanol–water partition coefficient (Wildman–Crippen LogP) is -0.447. The molecule has 1 amide bonds. The Morgan fingerprint density at radius 1 is 1.42 bits per heavy atom. The first-order valence-corrected chi connectivity index (χ1v) is 6.20. The molecule has 1 aromatic carbocycles. The van der Waals surface area contributed by atoms with Crippen LogP contribution in [-0.4, -0.2) is 52.9 Å². The van der Waals surface area contributed by atoms with E-state index < -0.39 is 12.2 Å². The number of aliphatic hydroxyl groups is 2. The van der Waals surface area contributed by atoms with E-state index in [-0.39, 0.29) is 12.5 Å². The summed E-state index contributed by atoms with van der Waals surface area (Å²) < 4.78 is 0. The van der Waals surface area contributed by atoms with Gasteiger partial charge in [0.15, 0.2) is 0 Å². The van der Waals surface area contributed by atoms with Crippen molar-refractivity contribution in [2.75, 3.05) is 30.7 Å². The smallest absolute Gasteiger partial charge is 0.238 e. The highest BCUT2D eigenvalue weighted by Crippen LogP contribution is 2.18. The Morgan fingerprint density at radius 3 is 2.63 bits per heavy atom. The van der Waals surface area contributed by atoms with Crippen molar-refractivity contribution >= 4 is 17.3 Å². The number of carbonyl (C=O) groups excluding carboxylic acids is 1. The Morgan fingerprint density at radius 2 is 2.05 bits per heavy atom. The predicted molar refractivity (Wildman–Crippen MR) is 72.7 cm³/mol. The molecule has 2 unspecified atom stereocenters. The van der Waals surface area contributed by atoms with E-state index in [2.05, 4.69) is 5.32 Å². The fourth-order valence-corrected chi connectivity index (χ4v) is 2.20. The van der Waals surface area contributed by atoms with E-state index in [1.54, 1.807) is 23.1 Å². The van der Waals surface area contributed by atoms with Gasteiger partial charge in [0, 0.05) is 24.5 Å². The minimum atomic E-state index is -0.772. The zero-order valence-corrected chi connectivity index (χ0v) is 10.8. The van der Waals surface area contributed by atoms with E-state index in [0.29, 0.717) is 18.8 Å². The van der Waals surface area contributed by atoms with Crippen molar-refractivity contribution in [2.24, 2.45) is 0 Å². The molecule has 5 N–H and O–H groups in total. The number of aliphatic hydroxyl groups excluding tert-OH is 2. The topological polar surface area (TPSA) is 98.8 Å². The number of nitrogens with zero attached hydrogens (tertiary/aromatic N) is 1. The number of nitrogens with one attached hydrogen (secondary N) is 1. The highest BCUT2D eigenvalue weighted by Gasteiger charge is 2.30. The quantitative estimate of drug-likeness (QED) is 0.555. The highest BCUT2D eigenvalue weighted by atomic mass is 16.3. The van der Waals surface area contributed by atoms with Crippen molar-refractivity contribution in [1.82, 2.24) is 4.90 Å². The maximum Gasteiger partial charge on any atom is 0.238 e. The summed E-state index contributed by atoms with van der Waals surface area (Å²) in [5.74, 6) is -0.172. The molecule has 104 valence electrons. The van der Waals surface area contributed by atoms with Crippen LogP contribution >= 0.6 is 0 Å². The van der Waals surface area contributed by atoms with E-state index in [1.807, 2.05) is 6.92 Å². The lowest BCUT2D eigenvalue weighted by Gasteiger charge is -2.15. The van der Waals surface area contributed by atoms with E-state index in [9.17, 15) is 15.0 Å². The molecule has 1 aliphatic rings. The summed E-state index contributed by atoms with van der Waals surface area (Å²) in [6.45, 7) is 2.65. The SMILES string of the molecule is Cc1cc(N)ccc1NC(=O)CN1CC(O)C(O)C1. The summed E-state index contributed by atoms with van der Waals surface area (Å²) >= 11 is 0. The van der Waals surface area contributed by atoms with E-state index in [0.717, 1.165) is 11.3 Å². The number of rotatable bonds is 3. The van der Waals surface area contributed by atoms with Crippen LogP contribution < -0.4 is 11.1 Å². The maximum atomic E-state index is 11.9. The van der Waals surface area contributed by atoms with Gasteiger partial charge < -0.3 is 21.3 Å². The molecule has 6 nitrogen and oxygen atoms in total. The molecule has 1 heterocycles. The molecule has 0 aromatic heterocycles. The van der Waals surface area contributed by atoms with Crippen LogP contribution in [0.15, 0.2) is 18.2 Å². The zero-order chi connectivity index (χ0) is 14.0. The molecule has 0 saturated carbocycles. The largest absolute Gasteiger partial charge is 0.399 e. The number of β-amino-alcohol motifs (C(OH)–C–C–N with tert-alkyl or cyclic N) is 2. The fraction of sp³-hybridized carbons (Fsp3) is 0.462. The van der Waals surface area contributed by atoms with E-state index in [4.69, 9.17) is 5.73 Å². The molecular formula is C13H19N3O3. The number of hydrogen-bond acceptors (Lipinski definition) is 5. The molecule has 1 saturated heterocycles. The monoisotopic (exact) mass is 265 g/mol. The van der Waals surface area contributed by atoms with Crippen molar-refractivity contribution in [2.45, 2.75) is 19.1 Å². The van der Waals surface area contributed by atoms with Crippen molar-refractivity contribution in [1.29, 1.82) is 0 Å². The number of likely N-dealkylation sites (tertiary alicyclic amines) is 1. The maximum absolute atomic E-state index is 11.9. The Hall–Kier alpha value is -1.63. The lowest BCUT2D eigenvalue weighted by molar-refractivity contribution is -0.117. The minimum absolute atomic E-state index is 0.151. The highest BCUT2D eigenvalue weighted by molar-refractivity contribution is 5.93. The molecule has 1 aliphatic heterocycles. The molecule has 2 atom stereocenters. The average Bonchev–Trinajstić information content (AvgIpc) is 2.62. The third-order valence-corrected chi connectivity index (χ3v) is 3.23. The lowest BCUT2D eigenvalue weighted by atomic mass is 10.2. The second-order valence-corrected chi connectivity index (χ2v) is 4.95. The Kier molecular flexibility index (Phi) is 4.04. The third kappa shape index (κ3) is 3.44. The molecule has 0 radical (unpaired) electrons. The summed E-state index contributed by atoms with van der Waals surface area (Å²) in [5.41, 5.74) is 7.92. The second-order valence-electron chi connectivity index (χ2n) is 4.95. The van der Waals surface area contributed by atoms with E-state index in [1.165, 1.54) is 0 Å². The van der Waals surface area contributed by atoms with Crippen molar-refractivity contribution in [3.05, 3.63) is 23.8 Å². The van der Waals surface area contributed by atoms with Crippen LogP contribution in [0, 0.1) is 6.92 Å². The number of carbonyl (C=O) groups is 1. The van der Waals surface area contributed by atoms with Gasteiger partial charge in [0.25, 0.3) is 0 Å². The Labute approximate surface area is 111 Å². The van der Waals surface area contributed by atoms with Crippen LogP contribution in [0.4, 0.5) is 11.4 Å². The molecule has 0 spiro atoms. The Balaban J connectivity index is 1.91. The fourth-order valence-electron chi connectivity index (χ4n) is 2.20. The van der Waals surface area contributed by atoms with Gasteiger partial charge >= 0.3 is 0 Å². The average molecular weight is 265 g/mol. The van der Waals surface area contributed by atoms with Crippen LogP contribution in [0.5, 0.6) is 0 Å². The summed E-state index contributed by atoms with van der Waals surface area (Å²) in [7, 11) is 0. The number of amides is 1. The first-order valence-electron chi connectivity index (χ1n) is 6.20. The van der Waals surface area contributed by atoms with Crippen LogP contribution in [-0.2, 0) is 4.79 Å². The zero-order valence-electron chi connectivity index (χ0n) is 10.8. The van der Waals surface area contributed by atoms with Gasteiger partial charge in [-0.05, 0) is 30.7 Å². The van der Waals surface area contributed by atoms with Gasteiger partial charge in [0.1, 0.15) is 0 Å². The number of nitrogens with two attached hydrogens (primary N) is 1. The van der Waals surface area contributed by atoms with Crippen LogP contribution in [0.3, 0.4) is 0 Å². The van der Waals surface area contributed by atoms with Gasteiger partial charge in [-0.2, -0.15) is 0 Å². The molecule has 1 aromatic rings. The summed E-state index contributed by atoms with van der Waals surface area (Å²) in [6, 6.07) is 5.28. The third-order valence-electron chi connectivity index (χ3n) is 3.23. The van der Waals surface area contributed by atoms with Crippen LogP contribution in [0.1, 0.15) is 5.56 Å². The standard InChI is InChI=1S/C13H19N3O3/c1-8-4-9(14)2-3-10(8)15-13(19)7-16-5-11(17)12(18)6-16/h2-4,11-12,17-18H,5-7,14H2,1H3,(H,15,19). The second kappa shape index (κ2) is 5.56. The van der Waals surface area contributed by atoms with Gasteiger partial charge in [-0.25, -0.2) is 0 Å². The van der Waals surface area contributed by atoms with Gasteiger partial charge in [-0.15, -0.1) is 0 Å². The van der Waals surface area contributed by atoms with Gasteiger partial charge in [-0.1, -0.05) is 0 Å². The van der Waals surface area contributed by atoms with Crippen molar-refractivity contribution in [3.8, 4) is 0 Å². The van der Waals surface area contributed by atoms with Gasteiger partial charge in [0.2, 0.25) is 5.91 Å². The first-order chi connectivity index (χ1) is 8.95. The molecule has 0 bridgehead atoms. The Bertz CT molecular complexity index is 468. The molecular weight excluding hydrogens is 246 g/mol. The number of aryl methyl sites for hydroxylation is 1. The van der Waals surface area contributed by atoms with Crippen molar-refractivity contribution in [3.63, 3.8) is 0 Å². The lowest BCUT2D eigenvalue weighted by Crippen LogP contribution is -2.32. The van der Waals surface area contributed by atoms with E-state index >= 15 is 0 Å². The molecule has 2 rings (SSSR count). The number of anilines is 2. The summed E-state index contributed by atoms with van der Waals surface area (Å²) in [5, 5.41) is 21.6. The van der Waals surface area contributed by atoms with Gasteiger partial charge in [-0.3, -0.25) is 9.69 Å². The van der Waals surface area contributed by atoms with Crippen molar-refractivity contribution < 1.29 is 15.0 Å². The number of benzene rings is 1. The first kappa shape index (κ1) is 13.8. The normalized spacial score (nSPS) is 23.5. The van der Waals surface area contributed by atoms with Gasteiger partial charge in [0.05, 0.1) is 18.8 Å². The van der Waals surface area contributed by atoms with Crippen LogP contribution in [0.2, 0.25) is 0 Å². The van der Waals surface area contributed by atoms with Crippen LogP contribution in [0.25, 0.3) is 0 Å². The molecule has 19 heavy (non-hydrogen) atoms.